The number of rotatable bonds is 8. The van der Waals surface area contributed by atoms with Crippen LogP contribution in [0.2, 0.25) is 0 Å². The first kappa shape index (κ1) is 32.5. The number of likely N-dealkylation sites (tertiary alicyclic amines) is 1. The number of fused-ring (bicyclic) bond motifs is 1. The molecular formula is C29H33F4N7O4S. The smallest absolute Gasteiger partial charge is 0.453 e. The summed E-state index contributed by atoms with van der Waals surface area (Å²) in [6.45, 7) is 2.25. The molecule has 0 radical (unpaired) electrons. The largest absolute Gasteiger partial charge is 0.471 e. The highest BCUT2D eigenvalue weighted by Gasteiger charge is 2.47. The van der Waals surface area contributed by atoms with Gasteiger partial charge in [-0.2, -0.15) is 18.4 Å². The van der Waals surface area contributed by atoms with Crippen molar-refractivity contribution in [2.45, 2.75) is 43.9 Å². The summed E-state index contributed by atoms with van der Waals surface area (Å²) in [6, 6.07) is 8.63. The number of anilines is 1. The number of hydrogen-bond acceptors (Lipinski definition) is 9. The highest BCUT2D eigenvalue weighted by molar-refractivity contribution is 8.27. The summed E-state index contributed by atoms with van der Waals surface area (Å²) in [6.07, 6.45) is -0.498. The number of alkyl halides is 3. The number of hydrogen-bond donors (Lipinski definition) is 3. The summed E-state index contributed by atoms with van der Waals surface area (Å²) in [5.41, 5.74) is 2.31. The summed E-state index contributed by atoms with van der Waals surface area (Å²) in [5, 5.41) is 13.4. The predicted octanol–water partition coefficient (Wildman–Crippen LogP) is 4.50. The van der Waals surface area contributed by atoms with Crippen LogP contribution in [-0.4, -0.2) is 70.8 Å². The predicted molar refractivity (Wildman–Crippen MR) is 161 cm³/mol. The van der Waals surface area contributed by atoms with Crippen molar-refractivity contribution in [1.29, 1.82) is 5.26 Å². The van der Waals surface area contributed by atoms with Crippen molar-refractivity contribution in [2.24, 2.45) is 0 Å². The zero-order valence-electron chi connectivity index (χ0n) is 24.8. The number of ether oxygens (including phenoxy) is 1. The Hall–Kier alpha value is -3.91. The average Bonchev–Trinajstić information content (AvgIpc) is 3.43. The molecule has 5 rings (SSSR count). The van der Waals surface area contributed by atoms with Crippen LogP contribution < -0.4 is 25.8 Å². The van der Waals surface area contributed by atoms with Crippen molar-refractivity contribution < 1.29 is 31.4 Å². The molecule has 2 unspecified atom stereocenters. The van der Waals surface area contributed by atoms with E-state index >= 15 is 0 Å². The number of benzene rings is 2. The Morgan fingerprint density at radius 2 is 2.00 bits per heavy atom. The lowest BCUT2D eigenvalue weighted by Crippen LogP contribution is -2.53. The van der Waals surface area contributed by atoms with Gasteiger partial charge >= 0.3 is 12.1 Å². The van der Waals surface area contributed by atoms with Gasteiger partial charge in [-0.15, -0.1) is 0 Å². The first-order chi connectivity index (χ1) is 21.3. The number of nitrogens with one attached hydrogen (secondary N) is 3. The lowest BCUT2D eigenvalue weighted by molar-refractivity contribution is -0.187. The Balaban J connectivity index is 1.36. The van der Waals surface area contributed by atoms with E-state index in [-0.39, 0.29) is 52.8 Å². The molecule has 3 aromatic rings. The van der Waals surface area contributed by atoms with E-state index in [1.54, 1.807) is 13.1 Å². The zero-order chi connectivity index (χ0) is 32.6. The standard InChI is InChI=1S/C29H33F4N7O4S/c1-4-45(3,35-2)44-38-24-8-6-22(30)25(21(24)15-34)43-19-5-7-23-20(13-19)26(41)40(17-36-23)18-14-28(37-16-18)9-11-39(12-10-28)27(42)29(31,32)33/h5-8,13,17-18,35,37-38H,4,9-12,14,16H2,1-3H3. The summed E-state index contributed by atoms with van der Waals surface area (Å²) in [5.74, 6) is -2.19. The van der Waals surface area contributed by atoms with Crippen molar-refractivity contribution in [3.05, 3.63) is 58.4 Å². The van der Waals surface area contributed by atoms with E-state index < -0.39 is 33.9 Å². The van der Waals surface area contributed by atoms with Gasteiger partial charge in [-0.3, -0.25) is 24.4 Å². The van der Waals surface area contributed by atoms with Crippen LogP contribution in [0.1, 0.15) is 37.8 Å². The molecule has 2 aliphatic heterocycles. The Kier molecular flexibility index (Phi) is 9.00. The minimum Gasteiger partial charge on any atom is -0.453 e. The Morgan fingerprint density at radius 3 is 2.64 bits per heavy atom. The lowest BCUT2D eigenvalue weighted by atomic mass is 9.85. The van der Waals surface area contributed by atoms with E-state index in [1.165, 1.54) is 29.1 Å². The van der Waals surface area contributed by atoms with Crippen LogP contribution in [0.25, 0.3) is 10.9 Å². The maximum atomic E-state index is 15.0. The SMILES string of the molecule is CCS(C)(NC)ONc1ccc(F)c(Oc2ccc3ncn(C4CNC5(CCN(C(=O)C(F)(F)F)CC5)C4)c(=O)c3c2)c1C#N. The maximum Gasteiger partial charge on any atom is 0.471 e. The van der Waals surface area contributed by atoms with Crippen molar-refractivity contribution in [2.75, 3.05) is 44.2 Å². The quantitative estimate of drug-likeness (QED) is 0.238. The van der Waals surface area contributed by atoms with Crippen LogP contribution >= 0.6 is 10.5 Å². The van der Waals surface area contributed by atoms with Crippen LogP contribution in [0, 0.1) is 17.1 Å². The highest BCUT2D eigenvalue weighted by Crippen LogP contribution is 2.41. The van der Waals surface area contributed by atoms with Crippen LogP contribution in [0.4, 0.5) is 23.2 Å². The van der Waals surface area contributed by atoms with E-state index in [9.17, 15) is 32.4 Å². The van der Waals surface area contributed by atoms with Gasteiger partial charge in [-0.05, 0) is 56.6 Å². The van der Waals surface area contributed by atoms with E-state index in [0.717, 1.165) is 11.0 Å². The van der Waals surface area contributed by atoms with E-state index in [4.69, 9.17) is 9.02 Å². The molecule has 3 heterocycles. The van der Waals surface area contributed by atoms with Gasteiger partial charge in [0.2, 0.25) is 0 Å². The summed E-state index contributed by atoms with van der Waals surface area (Å²) >= 11 is 0. The fraction of sp³-hybridized carbons (Fsp3) is 0.448. The summed E-state index contributed by atoms with van der Waals surface area (Å²) in [7, 11) is 0.0621. The number of halogens is 4. The first-order valence-corrected chi connectivity index (χ1v) is 16.4. The van der Waals surface area contributed by atoms with Crippen LogP contribution in [0.3, 0.4) is 0 Å². The number of nitrogens with zero attached hydrogens (tertiary/aromatic N) is 4. The van der Waals surface area contributed by atoms with E-state index in [1.807, 2.05) is 19.2 Å². The van der Waals surface area contributed by atoms with Gasteiger partial charge in [0, 0.05) is 37.2 Å². The second-order valence-electron chi connectivity index (χ2n) is 11.1. The second kappa shape index (κ2) is 12.5. The number of nitriles is 1. The first-order valence-electron chi connectivity index (χ1n) is 14.2. The zero-order valence-corrected chi connectivity index (χ0v) is 25.6. The molecule has 2 fully saturated rings. The third-order valence-electron chi connectivity index (χ3n) is 8.50. The second-order valence-corrected chi connectivity index (χ2v) is 14.3. The molecule has 16 heteroatoms. The number of piperidine rings is 1. The molecular weight excluding hydrogens is 618 g/mol. The molecule has 2 atom stereocenters. The molecule has 1 spiro atoms. The van der Waals surface area contributed by atoms with E-state index in [0.29, 0.717) is 37.1 Å². The minimum atomic E-state index is -4.91. The molecule has 2 saturated heterocycles. The van der Waals surface area contributed by atoms with Gasteiger partial charge in [0.15, 0.2) is 11.6 Å². The molecule has 3 N–H and O–H groups in total. The summed E-state index contributed by atoms with van der Waals surface area (Å²) in [4.78, 5) is 30.5. The van der Waals surface area contributed by atoms with Gasteiger partial charge in [-0.25, -0.2) is 13.7 Å². The number of carbonyl (C=O) groups excluding carboxylic acids is 1. The Labute approximate surface area is 258 Å². The van der Waals surface area contributed by atoms with Crippen LogP contribution in [-0.2, 0) is 9.08 Å². The molecule has 242 valence electrons. The van der Waals surface area contributed by atoms with Gasteiger partial charge in [0.1, 0.15) is 17.4 Å². The Morgan fingerprint density at radius 1 is 1.27 bits per heavy atom. The van der Waals surface area contributed by atoms with Gasteiger partial charge in [-0.1, -0.05) is 17.4 Å². The fourth-order valence-corrected chi connectivity index (χ4v) is 6.38. The van der Waals surface area contributed by atoms with E-state index in [2.05, 4.69) is 20.5 Å². The molecule has 45 heavy (non-hydrogen) atoms. The van der Waals surface area contributed by atoms with Gasteiger partial charge in [0.05, 0.1) is 29.0 Å². The molecule has 1 aromatic heterocycles. The summed E-state index contributed by atoms with van der Waals surface area (Å²) < 4.78 is 69.8. The molecule has 0 saturated carbocycles. The van der Waals surface area contributed by atoms with Crippen molar-refractivity contribution >= 4 is 33.0 Å². The van der Waals surface area contributed by atoms with Crippen molar-refractivity contribution in [3.63, 3.8) is 0 Å². The molecule has 1 amide bonds. The Bertz CT molecular complexity index is 1700. The molecule has 2 aromatic carbocycles. The third kappa shape index (κ3) is 6.57. The fourth-order valence-electron chi connectivity index (χ4n) is 5.62. The third-order valence-corrected chi connectivity index (χ3v) is 10.9. The molecule has 0 aliphatic carbocycles. The minimum absolute atomic E-state index is 0.0394. The topological polar surface area (TPSA) is 134 Å². The van der Waals surface area contributed by atoms with Gasteiger partial charge in [0.25, 0.3) is 5.56 Å². The van der Waals surface area contributed by atoms with Crippen molar-refractivity contribution in [3.8, 4) is 17.6 Å². The molecule has 0 bridgehead atoms. The van der Waals surface area contributed by atoms with Gasteiger partial charge < -0.3 is 15.0 Å². The van der Waals surface area contributed by atoms with Crippen LogP contribution in [0.5, 0.6) is 11.5 Å². The normalized spacial score (nSPS) is 20.0. The lowest BCUT2D eigenvalue weighted by Gasteiger charge is -2.39. The van der Waals surface area contributed by atoms with Crippen molar-refractivity contribution in [1.82, 2.24) is 24.5 Å². The highest BCUT2D eigenvalue weighted by atomic mass is 32.3. The molecule has 11 nitrogen and oxygen atoms in total. The average molecular weight is 652 g/mol. The monoisotopic (exact) mass is 651 g/mol. The maximum absolute atomic E-state index is 15.0. The molecule has 2 aliphatic rings. The number of amides is 1. The number of aromatic nitrogens is 2. The van der Waals surface area contributed by atoms with Crippen LogP contribution in [0.15, 0.2) is 41.5 Å². The number of carbonyl (C=O) groups is 1.